The molecule has 0 saturated carbocycles. The SMILES string of the molecule is CC1CNCCC1NC(=O)c1ccc(-c2ccc(Cl)cc2)s1. The first-order valence-corrected chi connectivity index (χ1v) is 8.70. The molecule has 22 heavy (non-hydrogen) atoms. The number of piperidine rings is 1. The third-order valence-corrected chi connectivity index (χ3v) is 5.45. The van der Waals surface area contributed by atoms with Gasteiger partial charge < -0.3 is 10.6 Å². The Morgan fingerprint density at radius 3 is 2.77 bits per heavy atom. The minimum Gasteiger partial charge on any atom is -0.348 e. The molecular formula is C17H19ClN2OS. The van der Waals surface area contributed by atoms with Gasteiger partial charge in [0.2, 0.25) is 0 Å². The molecule has 3 rings (SSSR count). The van der Waals surface area contributed by atoms with Crippen LogP contribution < -0.4 is 10.6 Å². The van der Waals surface area contributed by atoms with E-state index in [2.05, 4.69) is 17.6 Å². The highest BCUT2D eigenvalue weighted by Crippen LogP contribution is 2.29. The van der Waals surface area contributed by atoms with Gasteiger partial charge in [-0.05, 0) is 55.3 Å². The standard InChI is InChI=1S/C17H19ClN2OS/c1-11-10-19-9-8-14(11)20-17(21)16-7-6-15(22-16)12-2-4-13(18)5-3-12/h2-7,11,14,19H,8-10H2,1H3,(H,20,21). The maximum absolute atomic E-state index is 12.4. The van der Waals surface area contributed by atoms with E-state index in [-0.39, 0.29) is 11.9 Å². The zero-order valence-corrected chi connectivity index (χ0v) is 14.0. The molecule has 5 heteroatoms. The number of carbonyl (C=O) groups excluding carboxylic acids is 1. The molecule has 0 bridgehead atoms. The van der Waals surface area contributed by atoms with Crippen LogP contribution in [0.2, 0.25) is 5.02 Å². The fourth-order valence-electron chi connectivity index (χ4n) is 2.70. The maximum Gasteiger partial charge on any atom is 0.261 e. The van der Waals surface area contributed by atoms with Crippen LogP contribution in [0.3, 0.4) is 0 Å². The summed E-state index contributed by atoms with van der Waals surface area (Å²) in [4.78, 5) is 14.3. The van der Waals surface area contributed by atoms with E-state index >= 15 is 0 Å². The Morgan fingerprint density at radius 2 is 2.05 bits per heavy atom. The summed E-state index contributed by atoms with van der Waals surface area (Å²) in [5, 5.41) is 7.24. The third kappa shape index (κ3) is 3.51. The van der Waals surface area contributed by atoms with E-state index in [0.29, 0.717) is 5.92 Å². The molecule has 1 fully saturated rings. The molecule has 1 aliphatic heterocycles. The van der Waals surface area contributed by atoms with Crippen molar-refractivity contribution in [2.45, 2.75) is 19.4 Å². The predicted octanol–water partition coefficient (Wildman–Crippen LogP) is 3.80. The van der Waals surface area contributed by atoms with Gasteiger partial charge in [-0.2, -0.15) is 0 Å². The Labute approximate surface area is 139 Å². The molecule has 2 atom stereocenters. The van der Waals surface area contributed by atoms with E-state index in [1.165, 1.54) is 11.3 Å². The molecule has 2 aromatic rings. The van der Waals surface area contributed by atoms with Gasteiger partial charge in [0.05, 0.1) is 4.88 Å². The van der Waals surface area contributed by atoms with Gasteiger partial charge in [-0.25, -0.2) is 0 Å². The maximum atomic E-state index is 12.4. The minimum absolute atomic E-state index is 0.0314. The number of benzene rings is 1. The van der Waals surface area contributed by atoms with Crippen molar-refractivity contribution >= 4 is 28.8 Å². The number of amides is 1. The van der Waals surface area contributed by atoms with Crippen LogP contribution in [0.25, 0.3) is 10.4 Å². The molecule has 0 radical (unpaired) electrons. The number of thiophene rings is 1. The van der Waals surface area contributed by atoms with Crippen molar-refractivity contribution in [2.75, 3.05) is 13.1 Å². The van der Waals surface area contributed by atoms with Gasteiger partial charge >= 0.3 is 0 Å². The van der Waals surface area contributed by atoms with Gasteiger partial charge in [-0.3, -0.25) is 4.79 Å². The summed E-state index contributed by atoms with van der Waals surface area (Å²) in [6, 6.07) is 11.8. The molecule has 0 aliphatic carbocycles. The highest BCUT2D eigenvalue weighted by molar-refractivity contribution is 7.17. The normalized spacial score (nSPS) is 21.5. The highest BCUT2D eigenvalue weighted by atomic mass is 35.5. The van der Waals surface area contributed by atoms with Crippen LogP contribution in [0.15, 0.2) is 36.4 Å². The van der Waals surface area contributed by atoms with Crippen LogP contribution in [0, 0.1) is 5.92 Å². The molecule has 2 N–H and O–H groups in total. The fraction of sp³-hybridized carbons (Fsp3) is 0.353. The summed E-state index contributed by atoms with van der Waals surface area (Å²) in [6.07, 6.45) is 0.988. The Hall–Kier alpha value is -1.36. The number of nitrogens with one attached hydrogen (secondary N) is 2. The van der Waals surface area contributed by atoms with E-state index in [0.717, 1.165) is 39.9 Å². The average molecular weight is 335 g/mol. The van der Waals surface area contributed by atoms with Gasteiger partial charge in [0.25, 0.3) is 5.91 Å². The number of hydrogen-bond acceptors (Lipinski definition) is 3. The number of hydrogen-bond donors (Lipinski definition) is 2. The van der Waals surface area contributed by atoms with Crippen LogP contribution in [-0.2, 0) is 0 Å². The summed E-state index contributed by atoms with van der Waals surface area (Å²) >= 11 is 7.43. The van der Waals surface area contributed by atoms with Gasteiger partial charge in [-0.15, -0.1) is 11.3 Å². The van der Waals surface area contributed by atoms with Crippen LogP contribution in [0.5, 0.6) is 0 Å². The van der Waals surface area contributed by atoms with Crippen molar-refractivity contribution in [2.24, 2.45) is 5.92 Å². The Balaban J connectivity index is 1.70. The van der Waals surface area contributed by atoms with Crippen LogP contribution in [0.1, 0.15) is 23.0 Å². The van der Waals surface area contributed by atoms with Gasteiger partial charge in [0.1, 0.15) is 0 Å². The van der Waals surface area contributed by atoms with Crippen molar-refractivity contribution in [3.8, 4) is 10.4 Å². The molecule has 1 aliphatic rings. The second-order valence-electron chi connectivity index (χ2n) is 5.72. The number of carbonyl (C=O) groups is 1. The Bertz CT molecular complexity index is 653. The number of halogens is 1. The smallest absolute Gasteiger partial charge is 0.261 e. The molecule has 2 heterocycles. The van der Waals surface area contributed by atoms with Gasteiger partial charge in [0, 0.05) is 15.9 Å². The predicted molar refractivity (Wildman–Crippen MR) is 92.7 cm³/mol. The van der Waals surface area contributed by atoms with E-state index in [1.807, 2.05) is 36.4 Å². The first-order valence-electron chi connectivity index (χ1n) is 7.51. The average Bonchev–Trinajstić information content (AvgIpc) is 3.00. The number of rotatable bonds is 3. The first kappa shape index (κ1) is 15.5. The summed E-state index contributed by atoms with van der Waals surface area (Å²) in [7, 11) is 0. The Kier molecular flexibility index (Phi) is 4.81. The van der Waals surface area contributed by atoms with E-state index in [4.69, 9.17) is 11.6 Å². The van der Waals surface area contributed by atoms with Crippen molar-refractivity contribution in [1.82, 2.24) is 10.6 Å². The molecule has 2 unspecified atom stereocenters. The zero-order chi connectivity index (χ0) is 15.5. The molecule has 3 nitrogen and oxygen atoms in total. The molecule has 1 aromatic carbocycles. The molecule has 1 aromatic heterocycles. The lowest BCUT2D eigenvalue weighted by Crippen LogP contribution is -2.48. The fourth-order valence-corrected chi connectivity index (χ4v) is 3.74. The van der Waals surface area contributed by atoms with E-state index < -0.39 is 0 Å². The lowest BCUT2D eigenvalue weighted by molar-refractivity contribution is 0.0918. The largest absolute Gasteiger partial charge is 0.348 e. The summed E-state index contributed by atoms with van der Waals surface area (Å²) in [6.45, 7) is 4.10. The van der Waals surface area contributed by atoms with E-state index in [9.17, 15) is 4.79 Å². The summed E-state index contributed by atoms with van der Waals surface area (Å²) in [5.74, 6) is 0.498. The van der Waals surface area contributed by atoms with Crippen molar-refractivity contribution < 1.29 is 4.79 Å². The molecule has 0 spiro atoms. The minimum atomic E-state index is 0.0314. The van der Waals surface area contributed by atoms with Gasteiger partial charge in [0.15, 0.2) is 0 Å². The summed E-state index contributed by atoms with van der Waals surface area (Å²) in [5.41, 5.74) is 1.09. The first-order chi connectivity index (χ1) is 10.6. The third-order valence-electron chi connectivity index (χ3n) is 4.06. The van der Waals surface area contributed by atoms with Crippen molar-refractivity contribution in [3.05, 3.63) is 46.3 Å². The van der Waals surface area contributed by atoms with Crippen molar-refractivity contribution in [3.63, 3.8) is 0 Å². The summed E-state index contributed by atoms with van der Waals surface area (Å²) < 4.78 is 0. The zero-order valence-electron chi connectivity index (χ0n) is 12.4. The van der Waals surface area contributed by atoms with Crippen LogP contribution >= 0.6 is 22.9 Å². The lowest BCUT2D eigenvalue weighted by atomic mass is 9.95. The topological polar surface area (TPSA) is 41.1 Å². The molecular weight excluding hydrogens is 316 g/mol. The second-order valence-corrected chi connectivity index (χ2v) is 7.24. The van der Waals surface area contributed by atoms with Crippen LogP contribution in [-0.4, -0.2) is 25.0 Å². The van der Waals surface area contributed by atoms with Crippen molar-refractivity contribution in [1.29, 1.82) is 0 Å². The molecule has 1 amide bonds. The highest BCUT2D eigenvalue weighted by Gasteiger charge is 2.23. The van der Waals surface area contributed by atoms with Crippen LogP contribution in [0.4, 0.5) is 0 Å². The van der Waals surface area contributed by atoms with E-state index in [1.54, 1.807) is 0 Å². The molecule has 116 valence electrons. The monoisotopic (exact) mass is 334 g/mol. The van der Waals surface area contributed by atoms with Gasteiger partial charge in [-0.1, -0.05) is 30.7 Å². The second kappa shape index (κ2) is 6.82. The lowest BCUT2D eigenvalue weighted by Gasteiger charge is -2.30. The molecule has 1 saturated heterocycles. The quantitative estimate of drug-likeness (QED) is 0.896. The Morgan fingerprint density at radius 1 is 1.27 bits per heavy atom.